The Morgan fingerprint density at radius 1 is 0.921 bits per heavy atom. The monoisotopic (exact) mass is 534 g/mol. The van der Waals surface area contributed by atoms with E-state index in [1.165, 1.54) is 4.31 Å². The van der Waals surface area contributed by atoms with Crippen molar-refractivity contribution in [1.82, 2.24) is 9.29 Å². The summed E-state index contributed by atoms with van der Waals surface area (Å²) >= 11 is 0. The van der Waals surface area contributed by atoms with E-state index in [2.05, 4.69) is 25.8 Å². The summed E-state index contributed by atoms with van der Waals surface area (Å²) in [5.74, 6) is 1.81. The van der Waals surface area contributed by atoms with Crippen molar-refractivity contribution in [3.8, 4) is 17.2 Å². The fourth-order valence-corrected chi connectivity index (χ4v) is 5.82. The van der Waals surface area contributed by atoms with Gasteiger partial charge in [-0.1, -0.05) is 39.0 Å². The van der Waals surface area contributed by atoms with E-state index in [0.29, 0.717) is 33.9 Å². The molecule has 2 heterocycles. The summed E-state index contributed by atoms with van der Waals surface area (Å²) in [7, 11) is -2.41. The Bertz CT molecular complexity index is 1650. The number of pyridine rings is 1. The van der Waals surface area contributed by atoms with Gasteiger partial charge in [0.15, 0.2) is 11.5 Å². The molecule has 0 bridgehead atoms. The Morgan fingerprint density at radius 2 is 1.66 bits per heavy atom. The fourth-order valence-electron chi connectivity index (χ4n) is 4.41. The number of nitrogens with one attached hydrogen (secondary N) is 1. The second-order valence-corrected chi connectivity index (χ2v) is 12.2. The number of methoxy groups -OCH3 is 1. The van der Waals surface area contributed by atoms with Gasteiger partial charge >= 0.3 is 0 Å². The number of H-pyrrole nitrogens is 1. The average molecular weight is 535 g/mol. The third-order valence-electron chi connectivity index (χ3n) is 6.63. The highest BCUT2D eigenvalue weighted by Gasteiger charge is 2.27. The van der Waals surface area contributed by atoms with Gasteiger partial charge in [-0.3, -0.25) is 4.79 Å². The number of aromatic nitrogens is 1. The lowest BCUT2D eigenvalue weighted by atomic mass is 9.87. The maximum absolute atomic E-state index is 13.9. The first kappa shape index (κ1) is 25.8. The molecule has 38 heavy (non-hydrogen) atoms. The van der Waals surface area contributed by atoms with E-state index in [1.807, 2.05) is 12.1 Å². The van der Waals surface area contributed by atoms with Crippen LogP contribution in [0.25, 0.3) is 10.9 Å². The van der Waals surface area contributed by atoms with E-state index in [1.54, 1.807) is 61.7 Å². The summed E-state index contributed by atoms with van der Waals surface area (Å²) in [5, 5.41) is 0.744. The van der Waals surface area contributed by atoms with Crippen LogP contribution in [-0.2, 0) is 28.5 Å². The molecule has 0 unspecified atom stereocenters. The second-order valence-electron chi connectivity index (χ2n) is 10.3. The number of hydrogen-bond acceptors (Lipinski definition) is 6. The molecule has 4 aromatic rings. The number of ether oxygens (including phenoxy) is 3. The maximum atomic E-state index is 13.9. The van der Waals surface area contributed by atoms with Crippen molar-refractivity contribution < 1.29 is 22.6 Å². The number of rotatable bonds is 7. The summed E-state index contributed by atoms with van der Waals surface area (Å²) in [4.78, 5) is 16.0. The lowest BCUT2D eigenvalue weighted by molar-refractivity contribution is 0.174. The van der Waals surface area contributed by atoms with Crippen molar-refractivity contribution in [3.63, 3.8) is 0 Å². The molecule has 0 saturated carbocycles. The molecule has 0 atom stereocenters. The summed E-state index contributed by atoms with van der Waals surface area (Å²) in [5.41, 5.74) is 2.23. The Morgan fingerprint density at radius 3 is 2.37 bits per heavy atom. The molecule has 1 aliphatic heterocycles. The van der Waals surface area contributed by atoms with Crippen LogP contribution < -0.4 is 19.8 Å². The second kappa shape index (κ2) is 9.81. The van der Waals surface area contributed by atoms with Crippen molar-refractivity contribution in [2.24, 2.45) is 0 Å². The molecule has 0 saturated heterocycles. The summed E-state index contributed by atoms with van der Waals surface area (Å²) in [6, 6.07) is 19.3. The van der Waals surface area contributed by atoms with Gasteiger partial charge in [-0.25, -0.2) is 8.42 Å². The van der Waals surface area contributed by atoms with E-state index in [9.17, 15) is 13.2 Å². The van der Waals surface area contributed by atoms with Gasteiger partial charge in [0, 0.05) is 29.6 Å². The Kier molecular flexibility index (Phi) is 6.66. The highest BCUT2D eigenvalue weighted by Crippen LogP contribution is 2.34. The van der Waals surface area contributed by atoms with Gasteiger partial charge < -0.3 is 19.2 Å². The summed E-state index contributed by atoms with van der Waals surface area (Å²) in [6.45, 7) is 6.25. The van der Waals surface area contributed by atoms with Crippen LogP contribution in [0.15, 0.2) is 76.4 Å². The minimum absolute atomic E-state index is 0.0373. The molecule has 0 aliphatic carbocycles. The largest absolute Gasteiger partial charge is 0.497 e. The van der Waals surface area contributed by atoms with Crippen LogP contribution in [0.4, 0.5) is 0 Å². The first-order chi connectivity index (χ1) is 18.0. The maximum Gasteiger partial charge on any atom is 0.252 e. The van der Waals surface area contributed by atoms with Gasteiger partial charge in [0.2, 0.25) is 16.8 Å². The van der Waals surface area contributed by atoms with Crippen LogP contribution in [-0.4, -0.2) is 31.6 Å². The van der Waals surface area contributed by atoms with Crippen LogP contribution in [0.2, 0.25) is 0 Å². The van der Waals surface area contributed by atoms with Crippen molar-refractivity contribution >= 4 is 20.9 Å². The molecule has 8 nitrogen and oxygen atoms in total. The Balaban J connectivity index is 1.55. The lowest BCUT2D eigenvalue weighted by Gasteiger charge is -2.24. The number of sulfonamides is 1. The zero-order chi connectivity index (χ0) is 27.1. The Labute approximate surface area is 221 Å². The Hall–Kier alpha value is -3.82. The molecule has 198 valence electrons. The van der Waals surface area contributed by atoms with Gasteiger partial charge in [-0.05, 0) is 65.1 Å². The number of benzene rings is 3. The first-order valence-electron chi connectivity index (χ1n) is 12.2. The molecular weight excluding hydrogens is 504 g/mol. The predicted molar refractivity (Wildman–Crippen MR) is 145 cm³/mol. The highest BCUT2D eigenvalue weighted by molar-refractivity contribution is 7.89. The molecule has 0 amide bonds. The molecular formula is C29H30N2O6S. The van der Waals surface area contributed by atoms with Crippen LogP contribution >= 0.6 is 0 Å². The number of nitrogens with zero attached hydrogens (tertiary/aromatic N) is 1. The van der Waals surface area contributed by atoms with Crippen LogP contribution in [0.3, 0.4) is 0 Å². The number of fused-ring (bicyclic) bond motifs is 2. The highest BCUT2D eigenvalue weighted by atomic mass is 32.2. The van der Waals surface area contributed by atoms with Gasteiger partial charge in [0.25, 0.3) is 5.56 Å². The molecule has 5 rings (SSSR count). The van der Waals surface area contributed by atoms with E-state index < -0.39 is 10.0 Å². The molecule has 0 fully saturated rings. The van der Waals surface area contributed by atoms with Gasteiger partial charge in [0.05, 0.1) is 12.0 Å². The van der Waals surface area contributed by atoms with Crippen molar-refractivity contribution in [2.75, 3.05) is 13.9 Å². The normalized spacial score (nSPS) is 13.3. The van der Waals surface area contributed by atoms with Gasteiger partial charge in [-0.2, -0.15) is 4.31 Å². The van der Waals surface area contributed by atoms with E-state index in [-0.39, 0.29) is 35.8 Å². The molecule has 0 spiro atoms. The molecule has 1 aromatic heterocycles. The number of hydrogen-bond donors (Lipinski definition) is 1. The van der Waals surface area contributed by atoms with Crippen LogP contribution in [0.5, 0.6) is 17.2 Å². The summed E-state index contributed by atoms with van der Waals surface area (Å²) in [6.07, 6.45) is 0. The topological polar surface area (TPSA) is 97.9 Å². The molecule has 1 aliphatic rings. The van der Waals surface area contributed by atoms with E-state index >= 15 is 0 Å². The van der Waals surface area contributed by atoms with Crippen LogP contribution in [0, 0.1) is 0 Å². The van der Waals surface area contributed by atoms with E-state index in [0.717, 1.165) is 10.9 Å². The average Bonchev–Trinajstić information content (AvgIpc) is 3.36. The minimum atomic E-state index is -3.97. The zero-order valence-corrected chi connectivity index (χ0v) is 22.6. The fraction of sp³-hybridized carbons (Fsp3) is 0.276. The van der Waals surface area contributed by atoms with E-state index in [4.69, 9.17) is 14.2 Å². The first-order valence-corrected chi connectivity index (χ1v) is 13.7. The zero-order valence-electron chi connectivity index (χ0n) is 21.8. The predicted octanol–water partition coefficient (Wildman–Crippen LogP) is 4.95. The van der Waals surface area contributed by atoms with Crippen molar-refractivity contribution in [1.29, 1.82) is 0 Å². The molecule has 9 heteroatoms. The lowest BCUT2D eigenvalue weighted by Crippen LogP contribution is -2.32. The minimum Gasteiger partial charge on any atom is -0.497 e. The third kappa shape index (κ3) is 5.12. The standard InChI is InChI=1S/C29H30N2O6S/c1-29(2,3)22-6-9-24(10-7-22)38(33,34)31(16-19-5-12-26-27(13-19)37-18-36-26)17-21-14-20-15-23(35-4)8-11-25(20)30-28(21)32/h5-15H,16-18H2,1-4H3,(H,30,32). The quantitative estimate of drug-likeness (QED) is 0.360. The third-order valence-corrected chi connectivity index (χ3v) is 8.43. The molecule has 0 radical (unpaired) electrons. The smallest absolute Gasteiger partial charge is 0.252 e. The SMILES string of the molecule is COc1ccc2[nH]c(=O)c(CN(Cc3ccc4c(c3)OCO4)S(=O)(=O)c3ccc(C(C)(C)C)cc3)cc2c1. The molecule has 3 aromatic carbocycles. The molecule has 1 N–H and O–H groups in total. The number of aromatic amines is 1. The van der Waals surface area contributed by atoms with Crippen molar-refractivity contribution in [3.05, 3.63) is 93.8 Å². The van der Waals surface area contributed by atoms with Crippen LogP contribution in [0.1, 0.15) is 37.5 Å². The van der Waals surface area contributed by atoms with Gasteiger partial charge in [0.1, 0.15) is 5.75 Å². The summed E-state index contributed by atoms with van der Waals surface area (Å²) < 4.78 is 45.4. The van der Waals surface area contributed by atoms with Crippen molar-refractivity contribution in [2.45, 2.75) is 44.2 Å². The van der Waals surface area contributed by atoms with Gasteiger partial charge in [-0.15, -0.1) is 0 Å².